The van der Waals surface area contributed by atoms with Crippen molar-refractivity contribution in [2.45, 2.75) is 43.9 Å². The number of likely N-dealkylation sites (tertiary alicyclic amines) is 1. The molecule has 0 bridgehead atoms. The number of guanidine groups is 1. The molecular formula is C21H31N3O. The molecule has 2 atom stereocenters. The van der Waals surface area contributed by atoms with Gasteiger partial charge in [-0.25, -0.2) is 0 Å². The Morgan fingerprint density at radius 3 is 2.32 bits per heavy atom. The summed E-state index contributed by atoms with van der Waals surface area (Å²) in [6.07, 6.45) is 8.17. The number of benzene rings is 1. The van der Waals surface area contributed by atoms with E-state index in [1.807, 2.05) is 7.05 Å². The zero-order valence-corrected chi connectivity index (χ0v) is 15.6. The Bertz CT molecular complexity index is 607. The van der Waals surface area contributed by atoms with Crippen molar-refractivity contribution >= 4 is 5.96 Å². The Kier molecular flexibility index (Phi) is 4.61. The van der Waals surface area contributed by atoms with Crippen LogP contribution >= 0.6 is 0 Å². The molecule has 4 rings (SSSR count). The molecule has 2 unspecified atom stereocenters. The van der Waals surface area contributed by atoms with E-state index in [-0.39, 0.29) is 5.41 Å². The quantitative estimate of drug-likeness (QED) is 0.673. The first-order chi connectivity index (χ1) is 12.2. The van der Waals surface area contributed by atoms with Gasteiger partial charge >= 0.3 is 0 Å². The third-order valence-electron chi connectivity index (χ3n) is 6.63. The van der Waals surface area contributed by atoms with Crippen molar-refractivity contribution in [2.24, 2.45) is 16.8 Å². The summed E-state index contributed by atoms with van der Waals surface area (Å²) in [5.74, 6) is 3.82. The molecule has 1 aromatic rings. The smallest absolute Gasteiger partial charge is 0.193 e. The van der Waals surface area contributed by atoms with Gasteiger partial charge in [-0.1, -0.05) is 25.0 Å². The maximum absolute atomic E-state index is 5.29. The van der Waals surface area contributed by atoms with Crippen molar-refractivity contribution in [1.29, 1.82) is 0 Å². The zero-order chi connectivity index (χ0) is 17.3. The van der Waals surface area contributed by atoms with E-state index in [1.54, 1.807) is 7.11 Å². The summed E-state index contributed by atoms with van der Waals surface area (Å²) in [6.45, 7) is 3.37. The molecule has 4 heteroatoms. The molecule has 1 saturated heterocycles. The summed E-state index contributed by atoms with van der Waals surface area (Å²) < 4.78 is 5.29. The van der Waals surface area contributed by atoms with Gasteiger partial charge in [0, 0.05) is 32.1 Å². The molecule has 2 aliphatic carbocycles. The number of methoxy groups -OCH3 is 1. The van der Waals surface area contributed by atoms with Crippen molar-refractivity contribution in [3.05, 3.63) is 29.8 Å². The summed E-state index contributed by atoms with van der Waals surface area (Å²) >= 11 is 0. The average Bonchev–Trinajstić information content (AvgIpc) is 3.33. The zero-order valence-electron chi connectivity index (χ0n) is 15.6. The number of ether oxygens (including phenoxy) is 1. The van der Waals surface area contributed by atoms with Crippen LogP contribution in [-0.2, 0) is 5.41 Å². The third kappa shape index (κ3) is 3.36. The molecule has 0 spiro atoms. The number of nitrogens with one attached hydrogen (secondary N) is 1. The topological polar surface area (TPSA) is 36.9 Å². The van der Waals surface area contributed by atoms with Crippen molar-refractivity contribution in [1.82, 2.24) is 10.2 Å². The number of aliphatic imine (C=N–C) groups is 1. The Morgan fingerprint density at radius 1 is 1.16 bits per heavy atom. The Balaban J connectivity index is 1.38. The number of hydrogen-bond donors (Lipinski definition) is 1. The van der Waals surface area contributed by atoms with Crippen LogP contribution in [0.1, 0.15) is 44.1 Å². The van der Waals surface area contributed by atoms with Crippen LogP contribution in [0.2, 0.25) is 0 Å². The SMILES string of the molecule is CN=C(NCC1(c2ccc(OC)cc2)CC1)N1CC2CCCCC2C1. The summed E-state index contributed by atoms with van der Waals surface area (Å²) in [5, 5.41) is 3.70. The first-order valence-corrected chi connectivity index (χ1v) is 9.84. The van der Waals surface area contributed by atoms with Crippen molar-refractivity contribution in [2.75, 3.05) is 33.8 Å². The fraction of sp³-hybridized carbons (Fsp3) is 0.667. The van der Waals surface area contributed by atoms with Gasteiger partial charge in [0.15, 0.2) is 5.96 Å². The van der Waals surface area contributed by atoms with Gasteiger partial charge in [-0.2, -0.15) is 0 Å². The minimum atomic E-state index is 0.286. The highest BCUT2D eigenvalue weighted by Crippen LogP contribution is 2.48. The fourth-order valence-corrected chi connectivity index (χ4v) is 4.82. The third-order valence-corrected chi connectivity index (χ3v) is 6.63. The van der Waals surface area contributed by atoms with Crippen LogP contribution in [0.5, 0.6) is 5.75 Å². The Hall–Kier alpha value is -1.71. The van der Waals surface area contributed by atoms with Gasteiger partial charge in [0.25, 0.3) is 0 Å². The molecule has 2 saturated carbocycles. The van der Waals surface area contributed by atoms with Crippen molar-refractivity contribution in [3.8, 4) is 5.75 Å². The van der Waals surface area contributed by atoms with E-state index in [4.69, 9.17) is 4.74 Å². The number of nitrogens with zero attached hydrogens (tertiary/aromatic N) is 2. The van der Waals surface area contributed by atoms with Gasteiger partial charge in [-0.15, -0.1) is 0 Å². The molecule has 136 valence electrons. The van der Waals surface area contributed by atoms with E-state index in [1.165, 1.54) is 57.2 Å². The maximum atomic E-state index is 5.29. The summed E-state index contributed by atoms with van der Waals surface area (Å²) in [6, 6.07) is 8.60. The lowest BCUT2D eigenvalue weighted by Gasteiger charge is -2.25. The van der Waals surface area contributed by atoms with Crippen LogP contribution in [0.25, 0.3) is 0 Å². The molecule has 0 radical (unpaired) electrons. The number of rotatable bonds is 4. The van der Waals surface area contributed by atoms with Crippen LogP contribution in [0, 0.1) is 11.8 Å². The van der Waals surface area contributed by atoms with E-state index in [0.717, 1.165) is 30.1 Å². The van der Waals surface area contributed by atoms with Crippen LogP contribution < -0.4 is 10.1 Å². The molecule has 0 amide bonds. The highest BCUT2D eigenvalue weighted by molar-refractivity contribution is 5.80. The lowest BCUT2D eigenvalue weighted by atomic mass is 9.82. The molecule has 4 nitrogen and oxygen atoms in total. The van der Waals surface area contributed by atoms with Crippen molar-refractivity contribution in [3.63, 3.8) is 0 Å². The predicted octanol–water partition coefficient (Wildman–Crippen LogP) is 3.42. The van der Waals surface area contributed by atoms with Crippen molar-refractivity contribution < 1.29 is 4.74 Å². The second kappa shape index (κ2) is 6.89. The number of hydrogen-bond acceptors (Lipinski definition) is 2. The largest absolute Gasteiger partial charge is 0.497 e. The van der Waals surface area contributed by atoms with E-state index < -0.39 is 0 Å². The molecule has 1 aliphatic heterocycles. The van der Waals surface area contributed by atoms with Gasteiger partial charge < -0.3 is 15.0 Å². The molecule has 3 aliphatic rings. The van der Waals surface area contributed by atoms with E-state index >= 15 is 0 Å². The van der Waals surface area contributed by atoms with Gasteiger partial charge in [-0.05, 0) is 55.2 Å². The van der Waals surface area contributed by atoms with E-state index in [9.17, 15) is 0 Å². The summed E-state index contributed by atoms with van der Waals surface area (Å²) in [7, 11) is 3.65. The predicted molar refractivity (Wildman–Crippen MR) is 102 cm³/mol. The average molecular weight is 341 g/mol. The van der Waals surface area contributed by atoms with E-state index in [2.05, 4.69) is 39.5 Å². The Morgan fingerprint density at radius 2 is 1.80 bits per heavy atom. The molecule has 1 heterocycles. The fourth-order valence-electron chi connectivity index (χ4n) is 4.82. The van der Waals surface area contributed by atoms with Gasteiger partial charge in [0.2, 0.25) is 0 Å². The second-order valence-corrected chi connectivity index (χ2v) is 8.12. The highest BCUT2D eigenvalue weighted by atomic mass is 16.5. The van der Waals surface area contributed by atoms with Crippen LogP contribution in [0.3, 0.4) is 0 Å². The lowest BCUT2D eigenvalue weighted by molar-refractivity contribution is 0.299. The molecule has 3 fully saturated rings. The summed E-state index contributed by atoms with van der Waals surface area (Å²) in [5.41, 5.74) is 1.71. The van der Waals surface area contributed by atoms with Crippen LogP contribution in [0.4, 0.5) is 0 Å². The van der Waals surface area contributed by atoms with Crippen LogP contribution in [-0.4, -0.2) is 44.7 Å². The molecule has 1 N–H and O–H groups in total. The summed E-state index contributed by atoms with van der Waals surface area (Å²) in [4.78, 5) is 7.10. The molecular weight excluding hydrogens is 310 g/mol. The monoisotopic (exact) mass is 341 g/mol. The molecule has 25 heavy (non-hydrogen) atoms. The Labute approximate surface area is 151 Å². The normalized spacial score (nSPS) is 27.8. The van der Waals surface area contributed by atoms with Gasteiger partial charge in [0.05, 0.1) is 7.11 Å². The molecule has 1 aromatic carbocycles. The minimum Gasteiger partial charge on any atom is -0.497 e. The lowest BCUT2D eigenvalue weighted by Crippen LogP contribution is -2.43. The van der Waals surface area contributed by atoms with E-state index in [0.29, 0.717) is 0 Å². The minimum absolute atomic E-state index is 0.286. The van der Waals surface area contributed by atoms with Gasteiger partial charge in [-0.3, -0.25) is 4.99 Å². The number of fused-ring (bicyclic) bond motifs is 1. The maximum Gasteiger partial charge on any atom is 0.193 e. The first kappa shape index (κ1) is 16.7. The first-order valence-electron chi connectivity index (χ1n) is 9.84. The second-order valence-electron chi connectivity index (χ2n) is 8.12. The highest BCUT2D eigenvalue weighted by Gasteiger charge is 2.44. The molecule has 0 aromatic heterocycles. The van der Waals surface area contributed by atoms with Gasteiger partial charge in [0.1, 0.15) is 5.75 Å². The standard InChI is InChI=1S/C21H31N3O/c1-22-20(24-13-16-5-3-4-6-17(16)14-24)23-15-21(11-12-21)18-7-9-19(25-2)10-8-18/h7-10,16-17H,3-6,11-15H2,1-2H3,(H,22,23). The van der Waals surface area contributed by atoms with Crippen LogP contribution in [0.15, 0.2) is 29.3 Å².